The molecule has 1 aromatic heterocycles. The second-order valence-electron chi connectivity index (χ2n) is 5.44. The standard InChI is InChI=1S/C17H20N6O3/c1-3-8-22(17(25)11-23-12-19-15(9-18)21-23)10-16(24)20-13-6-4-5-7-14(13)26-2/h4-7,12H,3,8,10-11H2,1-2H3,(H,20,24). The number of nitrogens with zero attached hydrogens (tertiary/aromatic N) is 5. The van der Waals surface area contributed by atoms with Crippen LogP contribution in [0.25, 0.3) is 0 Å². The van der Waals surface area contributed by atoms with E-state index < -0.39 is 0 Å². The number of aromatic nitrogens is 3. The lowest BCUT2D eigenvalue weighted by molar-refractivity contribution is -0.135. The fourth-order valence-corrected chi connectivity index (χ4v) is 2.33. The summed E-state index contributed by atoms with van der Waals surface area (Å²) in [6.07, 6.45) is 2.02. The number of para-hydroxylation sites is 2. The van der Waals surface area contributed by atoms with Gasteiger partial charge in [-0.25, -0.2) is 9.67 Å². The number of methoxy groups -OCH3 is 1. The molecule has 0 radical (unpaired) electrons. The van der Waals surface area contributed by atoms with E-state index >= 15 is 0 Å². The van der Waals surface area contributed by atoms with Crippen molar-refractivity contribution in [1.82, 2.24) is 19.7 Å². The molecule has 2 aromatic rings. The van der Waals surface area contributed by atoms with Crippen molar-refractivity contribution in [3.05, 3.63) is 36.4 Å². The van der Waals surface area contributed by atoms with Crippen molar-refractivity contribution in [1.29, 1.82) is 5.26 Å². The van der Waals surface area contributed by atoms with Crippen molar-refractivity contribution < 1.29 is 14.3 Å². The van der Waals surface area contributed by atoms with Gasteiger partial charge in [-0.15, -0.1) is 5.10 Å². The number of anilines is 1. The van der Waals surface area contributed by atoms with Gasteiger partial charge in [0.2, 0.25) is 11.8 Å². The molecule has 0 saturated heterocycles. The lowest BCUT2D eigenvalue weighted by atomic mass is 10.3. The van der Waals surface area contributed by atoms with E-state index in [1.165, 1.54) is 23.0 Å². The number of ether oxygens (including phenoxy) is 1. The van der Waals surface area contributed by atoms with Crippen LogP contribution in [0.5, 0.6) is 5.75 Å². The number of amides is 2. The Morgan fingerprint density at radius 1 is 1.38 bits per heavy atom. The van der Waals surface area contributed by atoms with Gasteiger partial charge in [-0.3, -0.25) is 9.59 Å². The number of carbonyl (C=O) groups excluding carboxylic acids is 2. The second-order valence-corrected chi connectivity index (χ2v) is 5.44. The van der Waals surface area contributed by atoms with Crippen LogP contribution in [0.3, 0.4) is 0 Å². The molecule has 0 bridgehead atoms. The number of nitriles is 1. The van der Waals surface area contributed by atoms with Gasteiger partial charge in [0.15, 0.2) is 0 Å². The smallest absolute Gasteiger partial charge is 0.252 e. The van der Waals surface area contributed by atoms with Crippen molar-refractivity contribution in [2.75, 3.05) is 25.5 Å². The fourth-order valence-electron chi connectivity index (χ4n) is 2.33. The maximum atomic E-state index is 12.5. The Morgan fingerprint density at radius 2 is 2.15 bits per heavy atom. The summed E-state index contributed by atoms with van der Waals surface area (Å²) in [6, 6.07) is 8.85. The number of nitrogens with one attached hydrogen (secondary N) is 1. The molecule has 136 valence electrons. The SMILES string of the molecule is CCCN(CC(=O)Nc1ccccc1OC)C(=O)Cn1cnc(C#N)n1. The van der Waals surface area contributed by atoms with Crippen molar-refractivity contribution in [2.45, 2.75) is 19.9 Å². The van der Waals surface area contributed by atoms with Crippen LogP contribution in [0.15, 0.2) is 30.6 Å². The quantitative estimate of drug-likeness (QED) is 0.756. The van der Waals surface area contributed by atoms with Crippen LogP contribution >= 0.6 is 0 Å². The van der Waals surface area contributed by atoms with E-state index in [1.807, 2.05) is 6.92 Å². The molecular weight excluding hydrogens is 336 g/mol. The number of benzene rings is 1. The minimum Gasteiger partial charge on any atom is -0.495 e. The molecule has 9 nitrogen and oxygen atoms in total. The van der Waals surface area contributed by atoms with Crippen LogP contribution in [0.4, 0.5) is 5.69 Å². The monoisotopic (exact) mass is 356 g/mol. The van der Waals surface area contributed by atoms with Gasteiger partial charge < -0.3 is 15.0 Å². The minimum absolute atomic E-state index is 0.00578. The van der Waals surface area contributed by atoms with Crippen molar-refractivity contribution in [3.63, 3.8) is 0 Å². The first-order chi connectivity index (χ1) is 12.6. The maximum absolute atomic E-state index is 12.5. The largest absolute Gasteiger partial charge is 0.495 e. The molecule has 0 saturated carbocycles. The summed E-state index contributed by atoms with van der Waals surface area (Å²) in [4.78, 5) is 30.0. The van der Waals surface area contributed by atoms with E-state index in [2.05, 4.69) is 15.4 Å². The van der Waals surface area contributed by atoms with Crippen LogP contribution in [-0.2, 0) is 16.1 Å². The third-order valence-corrected chi connectivity index (χ3v) is 3.50. The first kappa shape index (κ1) is 18.9. The predicted octanol–water partition coefficient (Wildman–Crippen LogP) is 1.04. The van der Waals surface area contributed by atoms with Crippen LogP contribution < -0.4 is 10.1 Å². The van der Waals surface area contributed by atoms with Gasteiger partial charge in [0.25, 0.3) is 5.82 Å². The van der Waals surface area contributed by atoms with E-state index in [0.717, 1.165) is 0 Å². The van der Waals surface area contributed by atoms with Crippen LogP contribution in [0.2, 0.25) is 0 Å². The van der Waals surface area contributed by atoms with E-state index in [1.54, 1.807) is 30.3 Å². The summed E-state index contributed by atoms with van der Waals surface area (Å²) in [5.41, 5.74) is 0.541. The highest BCUT2D eigenvalue weighted by Gasteiger charge is 2.18. The zero-order valence-corrected chi connectivity index (χ0v) is 14.7. The Morgan fingerprint density at radius 3 is 2.81 bits per heavy atom. The molecule has 0 atom stereocenters. The molecule has 0 aliphatic carbocycles. The summed E-state index contributed by atoms with van der Waals surface area (Å²) in [6.45, 7) is 2.17. The van der Waals surface area contributed by atoms with Gasteiger partial charge >= 0.3 is 0 Å². The Labute approximate surface area is 151 Å². The average Bonchev–Trinajstić information content (AvgIpc) is 3.09. The summed E-state index contributed by atoms with van der Waals surface area (Å²) in [7, 11) is 1.52. The number of hydrogen-bond acceptors (Lipinski definition) is 6. The van der Waals surface area contributed by atoms with Crippen molar-refractivity contribution in [3.8, 4) is 11.8 Å². The number of carbonyl (C=O) groups is 2. The highest BCUT2D eigenvalue weighted by molar-refractivity contribution is 5.95. The minimum atomic E-state index is -0.326. The summed E-state index contributed by atoms with van der Waals surface area (Å²) in [5, 5.41) is 15.3. The van der Waals surface area contributed by atoms with Gasteiger partial charge in [0.05, 0.1) is 19.3 Å². The van der Waals surface area contributed by atoms with E-state index in [9.17, 15) is 9.59 Å². The molecule has 2 amide bonds. The topological polar surface area (TPSA) is 113 Å². The Hall–Kier alpha value is -3.41. The van der Waals surface area contributed by atoms with Crippen molar-refractivity contribution >= 4 is 17.5 Å². The first-order valence-corrected chi connectivity index (χ1v) is 8.07. The van der Waals surface area contributed by atoms with Crippen LogP contribution in [0.1, 0.15) is 19.2 Å². The molecule has 9 heteroatoms. The predicted molar refractivity (Wildman–Crippen MR) is 93.2 cm³/mol. The molecule has 1 aromatic carbocycles. The first-order valence-electron chi connectivity index (χ1n) is 8.07. The molecule has 0 aliphatic heterocycles. The molecule has 1 N–H and O–H groups in total. The van der Waals surface area contributed by atoms with Gasteiger partial charge in [-0.05, 0) is 18.6 Å². The molecule has 2 rings (SSSR count). The van der Waals surface area contributed by atoms with Gasteiger partial charge in [-0.2, -0.15) is 5.26 Å². The summed E-state index contributed by atoms with van der Waals surface area (Å²) < 4.78 is 6.48. The maximum Gasteiger partial charge on any atom is 0.252 e. The normalized spacial score (nSPS) is 10.0. The Bertz CT molecular complexity index is 811. The number of hydrogen-bond donors (Lipinski definition) is 1. The molecule has 1 heterocycles. The Kier molecular flexibility index (Phi) is 6.68. The second kappa shape index (κ2) is 9.17. The Balaban J connectivity index is 2.00. The van der Waals surface area contributed by atoms with Crippen LogP contribution in [0, 0.1) is 11.3 Å². The molecule has 0 spiro atoms. The number of rotatable bonds is 8. The fraction of sp³-hybridized carbons (Fsp3) is 0.353. The average molecular weight is 356 g/mol. The lowest BCUT2D eigenvalue weighted by Crippen LogP contribution is -2.40. The highest BCUT2D eigenvalue weighted by atomic mass is 16.5. The summed E-state index contributed by atoms with van der Waals surface area (Å²) in [5.74, 6) is -0.0707. The zero-order chi connectivity index (χ0) is 18.9. The highest BCUT2D eigenvalue weighted by Crippen LogP contribution is 2.22. The summed E-state index contributed by atoms with van der Waals surface area (Å²) >= 11 is 0. The van der Waals surface area contributed by atoms with E-state index in [-0.39, 0.29) is 30.7 Å². The van der Waals surface area contributed by atoms with Crippen molar-refractivity contribution in [2.24, 2.45) is 0 Å². The van der Waals surface area contributed by atoms with Gasteiger partial charge in [-0.1, -0.05) is 19.1 Å². The zero-order valence-electron chi connectivity index (χ0n) is 14.7. The van der Waals surface area contributed by atoms with E-state index in [0.29, 0.717) is 24.4 Å². The molecule has 0 fully saturated rings. The molecule has 0 unspecified atom stereocenters. The lowest BCUT2D eigenvalue weighted by Gasteiger charge is -2.21. The van der Waals surface area contributed by atoms with Gasteiger partial charge in [0, 0.05) is 6.54 Å². The van der Waals surface area contributed by atoms with Gasteiger partial charge in [0.1, 0.15) is 24.7 Å². The third kappa shape index (κ3) is 5.04. The molecular formula is C17H20N6O3. The molecule has 0 aliphatic rings. The third-order valence-electron chi connectivity index (χ3n) is 3.50. The van der Waals surface area contributed by atoms with Crippen LogP contribution in [-0.4, -0.2) is 51.7 Å². The van der Waals surface area contributed by atoms with E-state index in [4.69, 9.17) is 10.00 Å². The molecule has 26 heavy (non-hydrogen) atoms.